The molecule has 1 aromatic heterocycles. The van der Waals surface area contributed by atoms with Gasteiger partial charge in [-0.25, -0.2) is 4.98 Å². The summed E-state index contributed by atoms with van der Waals surface area (Å²) in [5, 5.41) is 12.5. The normalized spacial score (nSPS) is 12.6. The van der Waals surface area contributed by atoms with E-state index in [1.807, 2.05) is 24.3 Å². The number of aromatic nitrogens is 1. The van der Waals surface area contributed by atoms with Crippen molar-refractivity contribution < 1.29 is 4.74 Å². The highest BCUT2D eigenvalue weighted by molar-refractivity contribution is 9.10. The zero-order valence-corrected chi connectivity index (χ0v) is 13.2. The minimum atomic E-state index is 0.581. The van der Waals surface area contributed by atoms with E-state index in [-0.39, 0.29) is 0 Å². The molecule has 0 amide bonds. The molecule has 5 heteroatoms. The van der Waals surface area contributed by atoms with Crippen molar-refractivity contribution in [2.75, 3.05) is 12.4 Å². The summed E-state index contributed by atoms with van der Waals surface area (Å²) in [6.07, 6.45) is 3.12. The predicted octanol–water partition coefficient (Wildman–Crippen LogP) is 3.96. The number of aryl methyl sites for hydroxylation is 2. The van der Waals surface area contributed by atoms with Gasteiger partial charge in [0.2, 0.25) is 0 Å². The van der Waals surface area contributed by atoms with E-state index in [1.54, 1.807) is 7.11 Å². The van der Waals surface area contributed by atoms with Gasteiger partial charge >= 0.3 is 0 Å². The van der Waals surface area contributed by atoms with E-state index >= 15 is 0 Å². The fourth-order valence-electron chi connectivity index (χ4n) is 2.53. The van der Waals surface area contributed by atoms with Crippen LogP contribution in [0.25, 0.3) is 0 Å². The van der Waals surface area contributed by atoms with Crippen molar-refractivity contribution in [3.05, 3.63) is 45.6 Å². The number of rotatable bonds is 3. The Morgan fingerprint density at radius 1 is 1.33 bits per heavy atom. The van der Waals surface area contributed by atoms with Crippen LogP contribution < -0.4 is 10.1 Å². The molecule has 106 valence electrons. The highest BCUT2D eigenvalue weighted by Gasteiger charge is 2.16. The van der Waals surface area contributed by atoms with Crippen LogP contribution in [-0.2, 0) is 12.8 Å². The van der Waals surface area contributed by atoms with Gasteiger partial charge in [-0.05, 0) is 59.0 Å². The summed E-state index contributed by atoms with van der Waals surface area (Å²) in [5.74, 6) is 1.35. The van der Waals surface area contributed by atoms with Crippen LogP contribution in [0.2, 0.25) is 0 Å². The first kappa shape index (κ1) is 13.9. The Hall–Kier alpha value is -2.06. The molecule has 1 N–H and O–H groups in total. The van der Waals surface area contributed by atoms with E-state index in [0.717, 1.165) is 40.9 Å². The fourth-order valence-corrected chi connectivity index (χ4v) is 2.94. The van der Waals surface area contributed by atoms with Gasteiger partial charge in [0.05, 0.1) is 17.1 Å². The van der Waals surface area contributed by atoms with Gasteiger partial charge in [-0.2, -0.15) is 5.26 Å². The highest BCUT2D eigenvalue weighted by Crippen LogP contribution is 2.31. The lowest BCUT2D eigenvalue weighted by atomic mass is 10.1. The third-order valence-corrected chi connectivity index (χ3v) is 4.24. The van der Waals surface area contributed by atoms with Crippen LogP contribution in [0.3, 0.4) is 0 Å². The molecule has 0 saturated heterocycles. The van der Waals surface area contributed by atoms with Crippen molar-refractivity contribution in [3.63, 3.8) is 0 Å². The zero-order valence-electron chi connectivity index (χ0n) is 11.6. The minimum absolute atomic E-state index is 0.581. The highest BCUT2D eigenvalue weighted by atomic mass is 79.9. The number of hydrogen-bond donors (Lipinski definition) is 1. The molecule has 3 rings (SSSR count). The molecule has 0 saturated carbocycles. The van der Waals surface area contributed by atoms with Gasteiger partial charge < -0.3 is 10.1 Å². The van der Waals surface area contributed by atoms with Gasteiger partial charge in [-0.15, -0.1) is 0 Å². The first-order valence-electron chi connectivity index (χ1n) is 6.74. The Labute approximate surface area is 131 Å². The average Bonchev–Trinajstić information content (AvgIpc) is 2.95. The standard InChI is InChI=1S/C16H14BrN3O/c1-21-15-8-12(5-6-13(15)17)19-16-11(9-18)7-10-3-2-4-14(10)20-16/h5-8H,2-4H2,1H3,(H,19,20). The Morgan fingerprint density at radius 3 is 2.95 bits per heavy atom. The smallest absolute Gasteiger partial charge is 0.148 e. The number of benzene rings is 1. The quantitative estimate of drug-likeness (QED) is 0.916. The second kappa shape index (κ2) is 5.74. The molecular formula is C16H14BrN3O. The topological polar surface area (TPSA) is 57.9 Å². The molecule has 0 fully saturated rings. The summed E-state index contributed by atoms with van der Waals surface area (Å²) in [4.78, 5) is 4.61. The molecule has 0 spiro atoms. The fraction of sp³-hybridized carbons (Fsp3) is 0.250. The summed E-state index contributed by atoms with van der Waals surface area (Å²) in [7, 11) is 1.62. The van der Waals surface area contributed by atoms with Crippen LogP contribution in [-0.4, -0.2) is 12.1 Å². The lowest BCUT2D eigenvalue weighted by Crippen LogP contribution is -2.01. The van der Waals surface area contributed by atoms with Crippen LogP contribution in [0, 0.1) is 11.3 Å². The summed E-state index contributed by atoms with van der Waals surface area (Å²) in [6.45, 7) is 0. The Balaban J connectivity index is 1.96. The van der Waals surface area contributed by atoms with Crippen molar-refractivity contribution in [2.24, 2.45) is 0 Å². The number of nitrogens with one attached hydrogen (secondary N) is 1. The molecule has 1 aliphatic carbocycles. The third kappa shape index (κ3) is 2.72. The molecule has 0 radical (unpaired) electrons. The largest absolute Gasteiger partial charge is 0.495 e. The molecule has 1 aliphatic rings. The number of hydrogen-bond acceptors (Lipinski definition) is 4. The number of nitrogens with zero attached hydrogens (tertiary/aromatic N) is 2. The number of nitriles is 1. The Morgan fingerprint density at radius 2 is 2.19 bits per heavy atom. The summed E-state index contributed by atoms with van der Waals surface area (Å²) < 4.78 is 6.17. The number of fused-ring (bicyclic) bond motifs is 1. The molecule has 0 unspecified atom stereocenters. The molecule has 1 heterocycles. The van der Waals surface area contributed by atoms with E-state index in [9.17, 15) is 5.26 Å². The minimum Gasteiger partial charge on any atom is -0.495 e. The molecule has 0 atom stereocenters. The van der Waals surface area contributed by atoms with Crippen molar-refractivity contribution in [1.29, 1.82) is 5.26 Å². The SMILES string of the molecule is COc1cc(Nc2nc3c(cc2C#N)CCC3)ccc1Br. The Bertz CT molecular complexity index is 737. The van der Waals surface area contributed by atoms with Gasteiger partial charge in [-0.1, -0.05) is 0 Å². The number of anilines is 2. The van der Waals surface area contributed by atoms with Gasteiger partial charge in [0.1, 0.15) is 17.6 Å². The lowest BCUT2D eigenvalue weighted by Gasteiger charge is -2.11. The second-order valence-electron chi connectivity index (χ2n) is 4.93. The summed E-state index contributed by atoms with van der Waals surface area (Å²) in [6, 6.07) is 9.87. The number of ether oxygens (including phenoxy) is 1. The van der Waals surface area contributed by atoms with Gasteiger partial charge in [0.25, 0.3) is 0 Å². The van der Waals surface area contributed by atoms with E-state index < -0.39 is 0 Å². The van der Waals surface area contributed by atoms with Gasteiger partial charge in [0.15, 0.2) is 0 Å². The van der Waals surface area contributed by atoms with E-state index in [4.69, 9.17) is 4.74 Å². The first-order valence-corrected chi connectivity index (χ1v) is 7.54. The second-order valence-corrected chi connectivity index (χ2v) is 5.78. The number of halogens is 1. The maximum Gasteiger partial charge on any atom is 0.148 e. The number of methoxy groups -OCH3 is 1. The van der Waals surface area contributed by atoms with Crippen LogP contribution in [0.5, 0.6) is 5.75 Å². The van der Waals surface area contributed by atoms with E-state index in [0.29, 0.717) is 11.4 Å². The lowest BCUT2D eigenvalue weighted by molar-refractivity contribution is 0.412. The average molecular weight is 344 g/mol. The van der Waals surface area contributed by atoms with Crippen LogP contribution >= 0.6 is 15.9 Å². The number of pyridine rings is 1. The third-order valence-electron chi connectivity index (χ3n) is 3.59. The Kier molecular flexibility index (Phi) is 3.80. The van der Waals surface area contributed by atoms with E-state index in [2.05, 4.69) is 32.3 Å². The van der Waals surface area contributed by atoms with Crippen molar-refractivity contribution in [1.82, 2.24) is 4.98 Å². The molecule has 1 aromatic carbocycles. The van der Waals surface area contributed by atoms with Crippen molar-refractivity contribution in [2.45, 2.75) is 19.3 Å². The maximum absolute atomic E-state index is 9.31. The molecule has 21 heavy (non-hydrogen) atoms. The molecule has 2 aromatic rings. The molecule has 4 nitrogen and oxygen atoms in total. The van der Waals surface area contributed by atoms with Crippen LogP contribution in [0.15, 0.2) is 28.7 Å². The summed E-state index contributed by atoms with van der Waals surface area (Å²) in [5.41, 5.74) is 3.72. The van der Waals surface area contributed by atoms with Crippen LogP contribution in [0.4, 0.5) is 11.5 Å². The van der Waals surface area contributed by atoms with Crippen LogP contribution in [0.1, 0.15) is 23.2 Å². The molecular weight excluding hydrogens is 330 g/mol. The van der Waals surface area contributed by atoms with E-state index in [1.165, 1.54) is 5.56 Å². The van der Waals surface area contributed by atoms with Gasteiger partial charge in [-0.3, -0.25) is 0 Å². The van der Waals surface area contributed by atoms with Gasteiger partial charge in [0, 0.05) is 17.4 Å². The van der Waals surface area contributed by atoms with Crippen molar-refractivity contribution >= 4 is 27.4 Å². The molecule has 0 bridgehead atoms. The summed E-state index contributed by atoms with van der Waals surface area (Å²) >= 11 is 3.42. The zero-order chi connectivity index (χ0) is 14.8. The molecule has 0 aliphatic heterocycles. The van der Waals surface area contributed by atoms with Crippen molar-refractivity contribution in [3.8, 4) is 11.8 Å². The predicted molar refractivity (Wildman–Crippen MR) is 85.0 cm³/mol. The first-order chi connectivity index (χ1) is 10.2. The monoisotopic (exact) mass is 343 g/mol. The maximum atomic E-state index is 9.31.